The average molecular weight is 617 g/mol. The van der Waals surface area contributed by atoms with Gasteiger partial charge in [-0.2, -0.15) is 0 Å². The molecule has 0 aromatic heterocycles. The number of aliphatic hydroxyl groups is 4. The van der Waals surface area contributed by atoms with Gasteiger partial charge in [0.2, 0.25) is 0 Å². The maximum atomic E-state index is 13.0. The van der Waals surface area contributed by atoms with E-state index in [0.717, 1.165) is 16.3 Å². The summed E-state index contributed by atoms with van der Waals surface area (Å²) >= 11 is 0. The summed E-state index contributed by atoms with van der Waals surface area (Å²) in [5.41, 5.74) is 2.04. The predicted molar refractivity (Wildman–Crippen MR) is 171 cm³/mol. The molecule has 0 heterocycles. The molecule has 5 rings (SSSR count). The van der Waals surface area contributed by atoms with Crippen molar-refractivity contribution in [1.82, 2.24) is 0 Å². The van der Waals surface area contributed by atoms with Gasteiger partial charge in [-0.05, 0) is 52.2 Å². The lowest BCUT2D eigenvalue weighted by Gasteiger charge is -2.13. The zero-order valence-electron chi connectivity index (χ0n) is 24.5. The van der Waals surface area contributed by atoms with Crippen LogP contribution in [0.5, 0.6) is 0 Å². The fourth-order valence-electron chi connectivity index (χ4n) is 4.08. The van der Waals surface area contributed by atoms with Gasteiger partial charge in [-0.3, -0.25) is 0 Å². The van der Waals surface area contributed by atoms with E-state index < -0.39 is 17.9 Å². The second-order valence-corrected chi connectivity index (χ2v) is 9.56. The van der Waals surface area contributed by atoms with Crippen molar-refractivity contribution in [3.63, 3.8) is 0 Å². The first-order valence-electron chi connectivity index (χ1n) is 14.0. The third kappa shape index (κ3) is 11.9. The SMILES string of the molecule is O=C(O)c1ccccc1.O=C(O)c1ccccc1.OCC(CO)c1cccc2ccccc12.OCC(CO)c1ccccc1F. The number of carboxylic acid groups (broad SMARTS) is 2. The molecule has 45 heavy (non-hydrogen) atoms. The first-order chi connectivity index (χ1) is 21.8. The molecule has 5 aromatic rings. The van der Waals surface area contributed by atoms with Crippen molar-refractivity contribution in [1.29, 1.82) is 0 Å². The summed E-state index contributed by atoms with van der Waals surface area (Å²) in [4.78, 5) is 20.4. The molecule has 6 N–H and O–H groups in total. The third-order valence-corrected chi connectivity index (χ3v) is 6.53. The Labute approximate surface area is 260 Å². The highest BCUT2D eigenvalue weighted by Crippen LogP contribution is 2.25. The van der Waals surface area contributed by atoms with E-state index in [1.807, 2.05) is 42.5 Å². The van der Waals surface area contributed by atoms with Gasteiger partial charge in [-0.25, -0.2) is 14.0 Å². The molecule has 0 aliphatic heterocycles. The van der Waals surface area contributed by atoms with E-state index in [9.17, 15) is 24.2 Å². The van der Waals surface area contributed by atoms with Crippen molar-refractivity contribution in [2.75, 3.05) is 26.4 Å². The van der Waals surface area contributed by atoms with Crippen molar-refractivity contribution >= 4 is 22.7 Å². The van der Waals surface area contributed by atoms with E-state index in [-0.39, 0.29) is 38.2 Å². The number of aliphatic hydroxyl groups excluding tert-OH is 4. The highest BCUT2D eigenvalue weighted by Gasteiger charge is 2.13. The van der Waals surface area contributed by atoms with Crippen LogP contribution in [0.2, 0.25) is 0 Å². The van der Waals surface area contributed by atoms with Gasteiger partial charge in [0.25, 0.3) is 0 Å². The van der Waals surface area contributed by atoms with Crippen LogP contribution in [0.3, 0.4) is 0 Å². The van der Waals surface area contributed by atoms with Crippen LogP contribution in [0, 0.1) is 5.82 Å². The van der Waals surface area contributed by atoms with Gasteiger partial charge < -0.3 is 30.6 Å². The Bertz CT molecular complexity index is 1520. The van der Waals surface area contributed by atoms with Crippen LogP contribution >= 0.6 is 0 Å². The molecule has 0 aliphatic rings. The summed E-state index contributed by atoms with van der Waals surface area (Å²) in [5, 5.41) is 54.9. The van der Waals surface area contributed by atoms with Crippen molar-refractivity contribution in [3.05, 3.63) is 155 Å². The second kappa shape index (κ2) is 20.1. The number of fused-ring (bicyclic) bond motifs is 1. The van der Waals surface area contributed by atoms with E-state index in [4.69, 9.17) is 20.4 Å². The fraction of sp³-hybridized carbons (Fsp3) is 0.167. The maximum absolute atomic E-state index is 13.0. The van der Waals surface area contributed by atoms with Crippen LogP contribution in [0.4, 0.5) is 4.39 Å². The lowest BCUT2D eigenvalue weighted by molar-refractivity contribution is 0.0686. The predicted octanol–water partition coefficient (Wildman–Crippen LogP) is 5.57. The summed E-state index contributed by atoms with van der Waals surface area (Å²) in [6.45, 7) is -0.524. The Hall–Kier alpha value is -4.93. The van der Waals surface area contributed by atoms with Gasteiger partial charge in [0.1, 0.15) is 5.82 Å². The zero-order valence-corrected chi connectivity index (χ0v) is 24.5. The summed E-state index contributed by atoms with van der Waals surface area (Å²) in [6, 6.07) is 36.7. The molecule has 0 bridgehead atoms. The third-order valence-electron chi connectivity index (χ3n) is 6.53. The van der Waals surface area contributed by atoms with Crippen LogP contribution in [0.25, 0.3) is 10.8 Å². The van der Waals surface area contributed by atoms with Crippen LogP contribution < -0.4 is 0 Å². The summed E-state index contributed by atoms with van der Waals surface area (Å²) in [6.07, 6.45) is 0. The molecular formula is C36H37FO8. The van der Waals surface area contributed by atoms with Crippen molar-refractivity contribution in [2.24, 2.45) is 0 Å². The maximum Gasteiger partial charge on any atom is 0.335 e. The first kappa shape index (κ1) is 36.3. The van der Waals surface area contributed by atoms with E-state index in [2.05, 4.69) is 0 Å². The summed E-state index contributed by atoms with van der Waals surface area (Å²) in [5.74, 6) is -2.83. The molecule has 5 aromatic carbocycles. The minimum atomic E-state index is -0.879. The van der Waals surface area contributed by atoms with Gasteiger partial charge in [0.15, 0.2) is 0 Å². The molecule has 9 heteroatoms. The second-order valence-electron chi connectivity index (χ2n) is 9.56. The van der Waals surface area contributed by atoms with Crippen LogP contribution in [-0.2, 0) is 0 Å². The minimum Gasteiger partial charge on any atom is -0.478 e. The molecule has 0 saturated heterocycles. The van der Waals surface area contributed by atoms with Crippen molar-refractivity contribution < 1.29 is 44.6 Å². The van der Waals surface area contributed by atoms with Gasteiger partial charge >= 0.3 is 11.9 Å². The Morgan fingerprint density at radius 2 is 0.867 bits per heavy atom. The molecule has 0 saturated carbocycles. The van der Waals surface area contributed by atoms with E-state index in [0.29, 0.717) is 16.7 Å². The Balaban J connectivity index is 0.000000214. The molecule has 0 atom stereocenters. The number of rotatable bonds is 8. The number of halogens is 1. The van der Waals surface area contributed by atoms with Gasteiger partial charge in [0, 0.05) is 11.8 Å². The molecule has 0 radical (unpaired) electrons. The Morgan fingerprint density at radius 1 is 0.489 bits per heavy atom. The highest BCUT2D eigenvalue weighted by molar-refractivity contribution is 5.88. The van der Waals surface area contributed by atoms with Gasteiger partial charge in [0.05, 0.1) is 37.6 Å². The van der Waals surface area contributed by atoms with E-state index in [1.165, 1.54) is 6.07 Å². The smallest absolute Gasteiger partial charge is 0.335 e. The number of carbonyl (C=O) groups is 2. The average Bonchev–Trinajstić information content (AvgIpc) is 3.08. The minimum absolute atomic E-state index is 0.0233. The molecule has 236 valence electrons. The number of hydrogen-bond acceptors (Lipinski definition) is 6. The van der Waals surface area contributed by atoms with E-state index in [1.54, 1.807) is 78.9 Å². The van der Waals surface area contributed by atoms with E-state index >= 15 is 0 Å². The van der Waals surface area contributed by atoms with Crippen LogP contribution in [0.1, 0.15) is 43.7 Å². The Morgan fingerprint density at radius 3 is 1.31 bits per heavy atom. The van der Waals surface area contributed by atoms with Crippen LogP contribution in [0.15, 0.2) is 127 Å². The van der Waals surface area contributed by atoms with Crippen LogP contribution in [-0.4, -0.2) is 69.0 Å². The van der Waals surface area contributed by atoms with Crippen molar-refractivity contribution in [2.45, 2.75) is 11.8 Å². The Kier molecular flexibility index (Phi) is 16.2. The number of hydrogen-bond donors (Lipinski definition) is 6. The normalized spacial score (nSPS) is 10.1. The highest BCUT2D eigenvalue weighted by atomic mass is 19.1. The number of aromatic carboxylic acids is 2. The van der Waals surface area contributed by atoms with Crippen molar-refractivity contribution in [3.8, 4) is 0 Å². The molecule has 0 aliphatic carbocycles. The van der Waals surface area contributed by atoms with Gasteiger partial charge in [-0.1, -0.05) is 97.1 Å². The zero-order chi connectivity index (χ0) is 33.0. The molecule has 0 fully saturated rings. The quantitative estimate of drug-likeness (QED) is 0.132. The summed E-state index contributed by atoms with van der Waals surface area (Å²) < 4.78 is 13.0. The number of carboxylic acids is 2. The van der Waals surface area contributed by atoms with Gasteiger partial charge in [-0.15, -0.1) is 0 Å². The standard InChI is InChI=1S/C13H14O2.C9H11FO2.2C7H6O2/c14-8-11(9-15)13-7-3-5-10-4-1-2-6-12(10)13;10-9-4-2-1-3-8(9)7(5-11)6-12;2*8-7(9)6-4-2-1-3-5-6/h1-7,11,14-15H,8-9H2;1-4,7,11-12H,5-6H2;2*1-5H,(H,8,9). The first-order valence-corrected chi connectivity index (χ1v) is 14.0. The lowest BCUT2D eigenvalue weighted by Crippen LogP contribution is -2.10. The number of benzene rings is 5. The molecule has 0 unspecified atom stereocenters. The monoisotopic (exact) mass is 616 g/mol. The summed E-state index contributed by atoms with van der Waals surface area (Å²) in [7, 11) is 0. The molecule has 0 spiro atoms. The molecule has 8 nitrogen and oxygen atoms in total. The largest absolute Gasteiger partial charge is 0.478 e. The molecule has 0 amide bonds. The fourth-order valence-corrected chi connectivity index (χ4v) is 4.08. The lowest BCUT2D eigenvalue weighted by atomic mass is 9.95. The topological polar surface area (TPSA) is 156 Å². The molecular weight excluding hydrogens is 579 g/mol.